The molecule has 0 aliphatic carbocycles. The molecule has 2 aliphatic heterocycles. The van der Waals surface area contributed by atoms with Crippen LogP contribution >= 0.6 is 0 Å². The monoisotopic (exact) mass is 380 g/mol. The summed E-state index contributed by atoms with van der Waals surface area (Å²) in [5.74, 6) is 0.0218. The minimum Gasteiger partial charge on any atom is -0.378 e. The van der Waals surface area contributed by atoms with E-state index in [0.29, 0.717) is 24.5 Å². The highest BCUT2D eigenvalue weighted by molar-refractivity contribution is 7.89. The van der Waals surface area contributed by atoms with Crippen LogP contribution in [-0.2, 0) is 32.5 Å². The highest BCUT2D eigenvalue weighted by Crippen LogP contribution is 2.25. The van der Waals surface area contributed by atoms with Gasteiger partial charge in [-0.05, 0) is 55.4 Å². The first kappa shape index (κ1) is 19.3. The van der Waals surface area contributed by atoms with Crippen molar-refractivity contribution in [3.63, 3.8) is 0 Å². The molecule has 1 amide bonds. The fourth-order valence-electron chi connectivity index (χ4n) is 3.62. The van der Waals surface area contributed by atoms with Gasteiger partial charge in [0.05, 0.1) is 11.0 Å². The Labute approximate surface area is 156 Å². The van der Waals surface area contributed by atoms with Crippen molar-refractivity contribution in [2.24, 2.45) is 0 Å². The number of ether oxygens (including phenoxy) is 1. The molecular formula is C19H28N2O4S. The van der Waals surface area contributed by atoms with Crippen molar-refractivity contribution < 1.29 is 17.9 Å². The average molecular weight is 381 g/mol. The topological polar surface area (TPSA) is 66.9 Å². The van der Waals surface area contributed by atoms with E-state index in [4.69, 9.17) is 4.74 Å². The number of carbonyl (C=O) groups is 1. The molecule has 1 fully saturated rings. The molecular weight excluding hydrogens is 352 g/mol. The number of amides is 1. The zero-order valence-electron chi connectivity index (χ0n) is 15.6. The van der Waals surface area contributed by atoms with Gasteiger partial charge in [-0.15, -0.1) is 0 Å². The maximum atomic E-state index is 12.9. The van der Waals surface area contributed by atoms with Crippen molar-refractivity contribution in [1.29, 1.82) is 0 Å². The fraction of sp³-hybridized carbons (Fsp3) is 0.632. The summed E-state index contributed by atoms with van der Waals surface area (Å²) >= 11 is 0. The first-order chi connectivity index (χ1) is 12.4. The standard InChI is InChI=1S/C19H28N2O4S/c1-15(22)21-11-8-16-6-7-19(13-17(16)14-21)26(23,24)20(2)10-9-18-5-3-4-12-25-18/h6-7,13,18H,3-5,8-12,14H2,1-2H3. The Morgan fingerprint density at radius 2 is 2.12 bits per heavy atom. The van der Waals surface area contributed by atoms with Gasteiger partial charge in [-0.25, -0.2) is 12.7 Å². The van der Waals surface area contributed by atoms with E-state index in [9.17, 15) is 13.2 Å². The Morgan fingerprint density at radius 1 is 1.31 bits per heavy atom. The van der Waals surface area contributed by atoms with E-state index < -0.39 is 10.0 Å². The van der Waals surface area contributed by atoms with Crippen LogP contribution in [0.4, 0.5) is 0 Å². The van der Waals surface area contributed by atoms with Crippen molar-refractivity contribution in [2.45, 2.75) is 56.6 Å². The van der Waals surface area contributed by atoms with E-state index in [1.165, 1.54) is 4.31 Å². The van der Waals surface area contributed by atoms with Gasteiger partial charge in [-0.1, -0.05) is 6.07 Å². The van der Waals surface area contributed by atoms with Crippen LogP contribution in [0.3, 0.4) is 0 Å². The molecule has 0 radical (unpaired) electrons. The highest BCUT2D eigenvalue weighted by atomic mass is 32.2. The molecule has 7 heteroatoms. The lowest BCUT2D eigenvalue weighted by atomic mass is 10.00. The highest BCUT2D eigenvalue weighted by Gasteiger charge is 2.25. The van der Waals surface area contributed by atoms with E-state index in [-0.39, 0.29) is 12.0 Å². The Balaban J connectivity index is 1.70. The Morgan fingerprint density at radius 3 is 2.81 bits per heavy atom. The summed E-state index contributed by atoms with van der Waals surface area (Å²) in [6, 6.07) is 5.30. The Bertz CT molecular complexity index is 757. The number of hydrogen-bond donors (Lipinski definition) is 0. The van der Waals surface area contributed by atoms with Crippen LogP contribution in [0.25, 0.3) is 0 Å². The molecule has 0 aromatic heterocycles. The SMILES string of the molecule is CC(=O)N1CCc2ccc(S(=O)(=O)N(C)CCC3CCCCO3)cc2C1. The first-order valence-electron chi connectivity index (χ1n) is 9.33. The predicted octanol–water partition coefficient (Wildman–Crippen LogP) is 2.17. The molecule has 2 aliphatic rings. The number of rotatable bonds is 5. The van der Waals surface area contributed by atoms with E-state index in [1.807, 2.05) is 6.07 Å². The fourth-order valence-corrected chi connectivity index (χ4v) is 4.86. The third-order valence-electron chi connectivity index (χ3n) is 5.38. The average Bonchev–Trinajstić information content (AvgIpc) is 2.65. The number of benzene rings is 1. The maximum absolute atomic E-state index is 12.9. The van der Waals surface area contributed by atoms with Gasteiger partial charge in [0, 0.05) is 40.2 Å². The maximum Gasteiger partial charge on any atom is 0.242 e. The zero-order valence-corrected chi connectivity index (χ0v) is 16.4. The lowest BCUT2D eigenvalue weighted by molar-refractivity contribution is -0.129. The quantitative estimate of drug-likeness (QED) is 0.785. The molecule has 1 atom stereocenters. The molecule has 0 N–H and O–H groups in total. The summed E-state index contributed by atoms with van der Waals surface area (Å²) in [4.78, 5) is 13.7. The van der Waals surface area contributed by atoms with Crippen LogP contribution in [-0.4, -0.2) is 56.4 Å². The van der Waals surface area contributed by atoms with Crippen LogP contribution in [0.1, 0.15) is 43.7 Å². The third kappa shape index (κ3) is 4.27. The smallest absolute Gasteiger partial charge is 0.242 e. The van der Waals surface area contributed by atoms with Gasteiger partial charge >= 0.3 is 0 Å². The van der Waals surface area contributed by atoms with Crippen molar-refractivity contribution in [3.8, 4) is 0 Å². The number of fused-ring (bicyclic) bond motifs is 1. The number of sulfonamides is 1. The molecule has 144 valence electrons. The van der Waals surface area contributed by atoms with Gasteiger partial charge in [0.25, 0.3) is 0 Å². The van der Waals surface area contributed by atoms with E-state index >= 15 is 0 Å². The number of hydrogen-bond acceptors (Lipinski definition) is 4. The van der Waals surface area contributed by atoms with Crippen molar-refractivity contribution in [2.75, 3.05) is 26.7 Å². The molecule has 1 aromatic carbocycles. The normalized spacial score (nSPS) is 20.9. The van der Waals surface area contributed by atoms with E-state index in [0.717, 1.165) is 49.8 Å². The molecule has 0 saturated carbocycles. The van der Waals surface area contributed by atoms with Crippen molar-refractivity contribution in [3.05, 3.63) is 29.3 Å². The molecule has 0 bridgehead atoms. The lowest BCUT2D eigenvalue weighted by Crippen LogP contribution is -2.35. The second-order valence-corrected chi connectivity index (χ2v) is 9.27. The number of carbonyl (C=O) groups excluding carboxylic acids is 1. The lowest BCUT2D eigenvalue weighted by Gasteiger charge is -2.29. The van der Waals surface area contributed by atoms with Crippen molar-refractivity contribution in [1.82, 2.24) is 9.21 Å². The molecule has 26 heavy (non-hydrogen) atoms. The summed E-state index contributed by atoms with van der Waals surface area (Å²) in [5, 5.41) is 0. The minimum absolute atomic E-state index is 0.0218. The van der Waals surface area contributed by atoms with Gasteiger partial charge in [-0.3, -0.25) is 4.79 Å². The summed E-state index contributed by atoms with van der Waals surface area (Å²) in [7, 11) is -1.91. The molecule has 1 unspecified atom stereocenters. The van der Waals surface area contributed by atoms with Gasteiger partial charge in [0.2, 0.25) is 15.9 Å². The van der Waals surface area contributed by atoms with Gasteiger partial charge in [0.1, 0.15) is 0 Å². The number of nitrogens with zero attached hydrogens (tertiary/aromatic N) is 2. The molecule has 0 spiro atoms. The minimum atomic E-state index is -3.54. The summed E-state index contributed by atoms with van der Waals surface area (Å²) in [6.07, 6.45) is 4.90. The molecule has 1 aromatic rings. The van der Waals surface area contributed by atoms with Gasteiger partial charge < -0.3 is 9.64 Å². The van der Waals surface area contributed by atoms with Crippen LogP contribution in [0.15, 0.2) is 23.1 Å². The Kier molecular flexibility index (Phi) is 5.99. The predicted molar refractivity (Wildman–Crippen MR) is 99.3 cm³/mol. The van der Waals surface area contributed by atoms with Crippen molar-refractivity contribution >= 4 is 15.9 Å². The van der Waals surface area contributed by atoms with Crippen LogP contribution in [0.2, 0.25) is 0 Å². The molecule has 2 heterocycles. The largest absolute Gasteiger partial charge is 0.378 e. The Hall–Kier alpha value is -1.44. The first-order valence-corrected chi connectivity index (χ1v) is 10.8. The van der Waals surface area contributed by atoms with E-state index in [2.05, 4.69) is 0 Å². The van der Waals surface area contributed by atoms with Crippen LogP contribution in [0.5, 0.6) is 0 Å². The van der Waals surface area contributed by atoms with Crippen LogP contribution < -0.4 is 0 Å². The zero-order chi connectivity index (χ0) is 18.7. The van der Waals surface area contributed by atoms with E-state index in [1.54, 1.807) is 31.0 Å². The van der Waals surface area contributed by atoms with Gasteiger partial charge in [0.15, 0.2) is 0 Å². The summed E-state index contributed by atoms with van der Waals surface area (Å²) < 4.78 is 32.9. The second kappa shape index (κ2) is 8.06. The van der Waals surface area contributed by atoms with Crippen LogP contribution in [0, 0.1) is 0 Å². The summed E-state index contributed by atoms with van der Waals surface area (Å²) in [5.41, 5.74) is 2.05. The molecule has 3 rings (SSSR count). The second-order valence-electron chi connectivity index (χ2n) is 7.22. The molecule has 1 saturated heterocycles. The summed E-state index contributed by atoms with van der Waals surface area (Å²) in [6.45, 7) is 3.94. The third-order valence-corrected chi connectivity index (χ3v) is 7.24. The van der Waals surface area contributed by atoms with Gasteiger partial charge in [-0.2, -0.15) is 0 Å². The molecule has 6 nitrogen and oxygen atoms in total.